The highest BCUT2D eigenvalue weighted by molar-refractivity contribution is 6.01. The summed E-state index contributed by atoms with van der Waals surface area (Å²) in [5.41, 5.74) is 8.10. The van der Waals surface area contributed by atoms with Crippen LogP contribution in [0.5, 0.6) is 0 Å². The smallest absolute Gasteiger partial charge is 0.305 e. The van der Waals surface area contributed by atoms with Gasteiger partial charge in [0.2, 0.25) is 35.4 Å². The first-order valence-corrected chi connectivity index (χ1v) is 25.9. The second-order valence-electron chi connectivity index (χ2n) is 21.0. The Morgan fingerprint density at radius 1 is 0.737 bits per heavy atom. The maximum Gasteiger partial charge on any atom is 0.305 e. The van der Waals surface area contributed by atoms with E-state index in [1.54, 1.807) is 20.9 Å². The minimum atomic E-state index is -1.38. The van der Waals surface area contributed by atoms with Crippen molar-refractivity contribution in [1.29, 1.82) is 0 Å². The maximum absolute atomic E-state index is 14.7. The van der Waals surface area contributed by atoms with Crippen molar-refractivity contribution < 1.29 is 53.0 Å². The van der Waals surface area contributed by atoms with Gasteiger partial charge in [-0.3, -0.25) is 43.2 Å². The summed E-state index contributed by atoms with van der Waals surface area (Å²) in [6, 6.07) is 14.1. The number of hydrogen-bond acceptors (Lipinski definition) is 13. The Kier molecular flexibility index (Phi) is 19.9. The van der Waals surface area contributed by atoms with E-state index in [0.717, 1.165) is 29.5 Å². The number of nitrogens with two attached hydrogens (primary N) is 1. The number of likely N-dealkylation sites (tertiary alicyclic amines) is 2. The zero-order chi connectivity index (χ0) is 55.4. The Morgan fingerprint density at radius 2 is 1.33 bits per heavy atom. The van der Waals surface area contributed by atoms with Crippen molar-refractivity contribution in [1.82, 2.24) is 47.0 Å². The van der Waals surface area contributed by atoms with Crippen molar-refractivity contribution >= 4 is 53.2 Å². The topological polar surface area (TPSA) is 300 Å². The molecule has 0 bridgehead atoms. The molecule has 410 valence electrons. The lowest BCUT2D eigenvalue weighted by atomic mass is 9.85. The maximum atomic E-state index is 14.7. The predicted octanol–water partition coefficient (Wildman–Crippen LogP) is 1.05. The molecule has 0 radical (unpaired) electrons. The highest BCUT2D eigenvalue weighted by atomic mass is 16.5. The second kappa shape index (κ2) is 26.0. The van der Waals surface area contributed by atoms with E-state index in [4.69, 9.17) is 10.5 Å². The first-order chi connectivity index (χ1) is 36.1. The number of aliphatic hydroxyl groups excluding tert-OH is 1. The van der Waals surface area contributed by atoms with E-state index in [-0.39, 0.29) is 55.9 Å². The number of carbonyl (C=O) groups excluding carboxylic acids is 9. The normalized spacial score (nSPS) is 21.1. The van der Waals surface area contributed by atoms with Crippen LogP contribution in [0.3, 0.4) is 0 Å². The third kappa shape index (κ3) is 14.6. The third-order valence-corrected chi connectivity index (χ3v) is 14.4. The molecule has 76 heavy (non-hydrogen) atoms. The molecule has 2 fully saturated rings. The van der Waals surface area contributed by atoms with Gasteiger partial charge >= 0.3 is 5.97 Å². The molecule has 21 nitrogen and oxygen atoms in total. The lowest BCUT2D eigenvalue weighted by Crippen LogP contribution is -2.59. The molecule has 10 atom stereocenters. The number of fused-ring (bicyclic) bond motifs is 1. The number of rotatable bonds is 20. The van der Waals surface area contributed by atoms with Crippen LogP contribution in [0.15, 0.2) is 78.9 Å². The standard InChI is InChI=1S/C55H74N10O11/c1-31(33-15-9-8-10-16-33)58-51(72)43-26-37(28-64(43)53(74)42(23-24-45(67)76-7)62-50(71)40(56)30-66)59-48(69)35-19-13-20-36(25-35)49(70)60-38-27-44(52(73)61-41-22-14-18-34-17-11-12-21-39(34)41)65(29-38)54(75)46(55(3,4)5)63-47(68)32(2)57-6/h8-13,15-17,19-21,25,31-32,37-38,40-44,46,57,66H,14,18,22-24,26-30,56H2,1-7H3,(H,58,72)(H,59,69)(H,60,70)(H,61,73)(H,62,71)(H,63,68)/t31-,32+,37+,38+,40+,41-,42+,43+,44?,46-/m1/s1. The van der Waals surface area contributed by atoms with Gasteiger partial charge in [0.05, 0.1) is 31.8 Å². The molecule has 3 aromatic carbocycles. The fraction of sp³-hybridized carbons (Fsp3) is 0.509. The minimum absolute atomic E-state index is 0.0496. The molecule has 8 amide bonds. The zero-order valence-corrected chi connectivity index (χ0v) is 44.4. The van der Waals surface area contributed by atoms with Gasteiger partial charge in [0.1, 0.15) is 30.2 Å². The van der Waals surface area contributed by atoms with Crippen LogP contribution in [0.2, 0.25) is 0 Å². The van der Waals surface area contributed by atoms with Gasteiger partial charge in [-0.2, -0.15) is 0 Å². The number of nitrogens with one attached hydrogen (secondary N) is 7. The molecule has 10 N–H and O–H groups in total. The van der Waals surface area contributed by atoms with E-state index < -0.39 is 120 Å². The lowest BCUT2D eigenvalue weighted by Gasteiger charge is -2.36. The van der Waals surface area contributed by atoms with Crippen molar-refractivity contribution in [3.63, 3.8) is 0 Å². The fourth-order valence-corrected chi connectivity index (χ4v) is 9.91. The number of likely N-dealkylation sites (N-methyl/N-ethyl adjacent to an activating group) is 1. The summed E-state index contributed by atoms with van der Waals surface area (Å²) < 4.78 is 4.76. The van der Waals surface area contributed by atoms with Gasteiger partial charge in [0, 0.05) is 42.7 Å². The number of methoxy groups -OCH3 is 1. The highest BCUT2D eigenvalue weighted by Gasteiger charge is 2.47. The average Bonchev–Trinajstić information content (AvgIpc) is 4.05. The number of amides is 8. The number of esters is 1. The number of carbonyl (C=O) groups is 9. The van der Waals surface area contributed by atoms with Gasteiger partial charge < -0.3 is 62.6 Å². The molecule has 0 spiro atoms. The molecular weight excluding hydrogens is 977 g/mol. The highest BCUT2D eigenvalue weighted by Crippen LogP contribution is 2.32. The summed E-state index contributed by atoms with van der Waals surface area (Å²) in [5.74, 6) is -5.28. The predicted molar refractivity (Wildman–Crippen MR) is 281 cm³/mol. The SMILES string of the molecule is CN[C@@H](C)C(=O)N[C@H](C(=O)N1C[C@@H](NC(=O)c2cccc(C(=O)N[C@H]3C[C@@H](C(=O)N[C@H](C)c4ccccc4)N(C(=O)[C@H](CCC(=O)OC)NC(=O)[C@@H](N)CO)C3)c2)CC1C(=O)N[C@@H]1CCCc2ccccc21)C(C)(C)C. The fourth-order valence-electron chi connectivity index (χ4n) is 9.91. The van der Waals surface area contributed by atoms with Crippen LogP contribution in [-0.4, -0.2) is 150 Å². The first-order valence-electron chi connectivity index (χ1n) is 25.9. The summed E-state index contributed by atoms with van der Waals surface area (Å²) in [4.78, 5) is 127. The molecule has 6 rings (SSSR count). The van der Waals surface area contributed by atoms with Crippen LogP contribution in [0.1, 0.15) is 123 Å². The van der Waals surface area contributed by atoms with E-state index in [1.807, 2.05) is 75.4 Å². The molecule has 0 aromatic heterocycles. The van der Waals surface area contributed by atoms with Gasteiger partial charge in [-0.05, 0) is 99.7 Å². The van der Waals surface area contributed by atoms with Crippen LogP contribution in [-0.2, 0) is 44.7 Å². The zero-order valence-electron chi connectivity index (χ0n) is 44.4. The Morgan fingerprint density at radius 3 is 1.92 bits per heavy atom. The Bertz CT molecular complexity index is 2610. The molecule has 1 aliphatic carbocycles. The van der Waals surface area contributed by atoms with Crippen molar-refractivity contribution in [3.8, 4) is 0 Å². The number of aliphatic hydroxyl groups is 1. The Hall–Kier alpha value is -7.23. The minimum Gasteiger partial charge on any atom is -0.469 e. The van der Waals surface area contributed by atoms with Gasteiger partial charge in [0.25, 0.3) is 11.8 Å². The van der Waals surface area contributed by atoms with E-state index in [1.165, 1.54) is 41.2 Å². The molecule has 2 heterocycles. The quantitative estimate of drug-likeness (QED) is 0.0717. The van der Waals surface area contributed by atoms with E-state index in [9.17, 15) is 48.3 Å². The van der Waals surface area contributed by atoms with Crippen LogP contribution < -0.4 is 43.0 Å². The summed E-state index contributed by atoms with van der Waals surface area (Å²) in [7, 11) is 2.81. The summed E-state index contributed by atoms with van der Waals surface area (Å²) in [5, 5.41) is 29.8. The second-order valence-corrected chi connectivity index (χ2v) is 21.0. The molecule has 3 aliphatic rings. The van der Waals surface area contributed by atoms with Gasteiger partial charge in [0.15, 0.2) is 0 Å². The summed E-state index contributed by atoms with van der Waals surface area (Å²) in [6.45, 7) is 7.95. The van der Waals surface area contributed by atoms with Crippen LogP contribution >= 0.6 is 0 Å². The van der Waals surface area contributed by atoms with Crippen LogP contribution in [0.25, 0.3) is 0 Å². The van der Waals surface area contributed by atoms with Crippen molar-refractivity contribution in [2.24, 2.45) is 11.1 Å². The molecule has 2 saturated heterocycles. The van der Waals surface area contributed by atoms with Crippen molar-refractivity contribution in [2.45, 2.75) is 140 Å². The summed E-state index contributed by atoms with van der Waals surface area (Å²) >= 11 is 0. The Labute approximate surface area is 443 Å². The molecule has 3 aromatic rings. The third-order valence-electron chi connectivity index (χ3n) is 14.4. The molecule has 1 unspecified atom stereocenters. The van der Waals surface area contributed by atoms with Crippen molar-refractivity contribution in [3.05, 3.63) is 107 Å². The van der Waals surface area contributed by atoms with Crippen LogP contribution in [0.4, 0.5) is 0 Å². The lowest BCUT2D eigenvalue weighted by molar-refractivity contribution is -0.144. The number of nitrogens with zero attached hydrogens (tertiary/aromatic N) is 2. The van der Waals surface area contributed by atoms with Gasteiger partial charge in [-0.1, -0.05) is 81.4 Å². The first kappa shape index (κ1) is 58.0. The van der Waals surface area contributed by atoms with Crippen LogP contribution in [0, 0.1) is 5.41 Å². The van der Waals surface area contributed by atoms with E-state index >= 15 is 0 Å². The van der Waals surface area contributed by atoms with E-state index in [2.05, 4.69) is 37.2 Å². The molecule has 0 saturated carbocycles. The van der Waals surface area contributed by atoms with E-state index in [0.29, 0.717) is 6.42 Å². The number of benzene rings is 3. The molecule has 2 aliphatic heterocycles. The largest absolute Gasteiger partial charge is 0.469 e. The number of hydrogen-bond donors (Lipinski definition) is 9. The average molecular weight is 1050 g/mol. The number of ether oxygens (including phenoxy) is 1. The van der Waals surface area contributed by atoms with Gasteiger partial charge in [-0.15, -0.1) is 0 Å². The molecular formula is C55H74N10O11. The number of aryl methyl sites for hydroxylation is 1. The Balaban J connectivity index is 1.20. The molecule has 21 heteroatoms. The summed E-state index contributed by atoms with van der Waals surface area (Å²) in [6.07, 6.45) is 1.96. The van der Waals surface area contributed by atoms with Crippen molar-refractivity contribution in [2.75, 3.05) is 33.9 Å². The van der Waals surface area contributed by atoms with Gasteiger partial charge in [-0.25, -0.2) is 0 Å². The monoisotopic (exact) mass is 1050 g/mol.